The number of aromatic nitrogens is 2. The lowest BCUT2D eigenvalue weighted by Crippen LogP contribution is -2.36. The van der Waals surface area contributed by atoms with Crippen molar-refractivity contribution in [3.05, 3.63) is 12.3 Å². The van der Waals surface area contributed by atoms with Crippen molar-refractivity contribution in [3.63, 3.8) is 0 Å². The molecule has 0 bridgehead atoms. The topological polar surface area (TPSA) is 52.5 Å². The highest BCUT2D eigenvalue weighted by Crippen LogP contribution is 2.24. The van der Waals surface area contributed by atoms with Crippen molar-refractivity contribution in [1.29, 1.82) is 0 Å². The van der Waals surface area contributed by atoms with Crippen molar-refractivity contribution in [3.8, 4) is 0 Å². The molecule has 1 aliphatic heterocycles. The summed E-state index contributed by atoms with van der Waals surface area (Å²) in [5.41, 5.74) is 0. The maximum Gasteiger partial charge on any atom is 0.226 e. The van der Waals surface area contributed by atoms with Gasteiger partial charge in [0.1, 0.15) is 5.82 Å². The zero-order chi connectivity index (χ0) is 13.0. The van der Waals surface area contributed by atoms with Crippen molar-refractivity contribution >= 4 is 11.8 Å². The number of aliphatic hydroxyl groups is 1. The second-order valence-corrected chi connectivity index (χ2v) is 5.08. The number of anilines is 2. The minimum atomic E-state index is 0.283. The zero-order valence-corrected chi connectivity index (χ0v) is 11.2. The second kappa shape index (κ2) is 6.00. The lowest BCUT2D eigenvalue weighted by atomic mass is 9.95. The highest BCUT2D eigenvalue weighted by molar-refractivity contribution is 5.43. The molecule has 5 heteroatoms. The van der Waals surface area contributed by atoms with E-state index in [9.17, 15) is 0 Å². The number of nitrogens with zero attached hydrogens (tertiary/aromatic N) is 4. The van der Waals surface area contributed by atoms with Crippen molar-refractivity contribution in [1.82, 2.24) is 9.97 Å². The van der Waals surface area contributed by atoms with Crippen LogP contribution in [0.3, 0.4) is 0 Å². The van der Waals surface area contributed by atoms with Gasteiger partial charge in [0.05, 0.1) is 0 Å². The quantitative estimate of drug-likeness (QED) is 0.868. The largest absolute Gasteiger partial charge is 0.396 e. The lowest BCUT2D eigenvalue weighted by Gasteiger charge is -2.33. The van der Waals surface area contributed by atoms with E-state index in [2.05, 4.69) is 14.9 Å². The Morgan fingerprint density at radius 2 is 2.33 bits per heavy atom. The van der Waals surface area contributed by atoms with Crippen molar-refractivity contribution in [2.75, 3.05) is 43.6 Å². The molecule has 1 aliphatic rings. The van der Waals surface area contributed by atoms with Gasteiger partial charge in [0.2, 0.25) is 5.95 Å². The first-order valence-corrected chi connectivity index (χ1v) is 6.57. The third-order valence-electron chi connectivity index (χ3n) is 3.41. The smallest absolute Gasteiger partial charge is 0.226 e. The van der Waals surface area contributed by atoms with Crippen LogP contribution >= 0.6 is 0 Å². The van der Waals surface area contributed by atoms with E-state index in [1.54, 1.807) is 0 Å². The van der Waals surface area contributed by atoms with Crippen LogP contribution in [0.1, 0.15) is 19.3 Å². The van der Waals surface area contributed by atoms with Crippen LogP contribution in [0, 0.1) is 5.92 Å². The summed E-state index contributed by atoms with van der Waals surface area (Å²) < 4.78 is 0. The van der Waals surface area contributed by atoms with Crippen LogP contribution in [0.5, 0.6) is 0 Å². The van der Waals surface area contributed by atoms with Gasteiger partial charge < -0.3 is 14.9 Å². The van der Waals surface area contributed by atoms with Crippen LogP contribution in [0.2, 0.25) is 0 Å². The number of aliphatic hydroxyl groups excluding tert-OH is 1. The van der Waals surface area contributed by atoms with E-state index in [0.29, 0.717) is 5.92 Å². The third kappa shape index (κ3) is 3.10. The van der Waals surface area contributed by atoms with Crippen molar-refractivity contribution in [2.45, 2.75) is 19.3 Å². The molecule has 1 N–H and O–H groups in total. The predicted octanol–water partition coefficient (Wildman–Crippen LogP) is 1.14. The normalized spacial score (nSPS) is 19.9. The van der Waals surface area contributed by atoms with Gasteiger partial charge in [-0.25, -0.2) is 4.98 Å². The molecule has 0 spiro atoms. The lowest BCUT2D eigenvalue weighted by molar-refractivity contribution is 0.244. The molecule has 2 heterocycles. The highest BCUT2D eigenvalue weighted by Gasteiger charge is 2.20. The number of piperidine rings is 1. The van der Waals surface area contributed by atoms with Gasteiger partial charge >= 0.3 is 0 Å². The maximum absolute atomic E-state index is 9.04. The molecule has 1 atom stereocenters. The number of hydrogen-bond donors (Lipinski definition) is 1. The summed E-state index contributed by atoms with van der Waals surface area (Å²) in [6.45, 7) is 2.32. The van der Waals surface area contributed by atoms with E-state index in [4.69, 9.17) is 5.11 Å². The number of rotatable bonds is 4. The number of hydrogen-bond acceptors (Lipinski definition) is 5. The molecular weight excluding hydrogens is 228 g/mol. The average molecular weight is 250 g/mol. The molecule has 1 aromatic rings. The summed E-state index contributed by atoms with van der Waals surface area (Å²) >= 11 is 0. The first-order valence-electron chi connectivity index (χ1n) is 6.57. The van der Waals surface area contributed by atoms with Crippen LogP contribution < -0.4 is 9.80 Å². The Balaban J connectivity index is 2.08. The molecule has 0 aromatic carbocycles. The molecule has 2 rings (SSSR count). The standard InChI is InChI=1S/C13H22N4O/c1-16(2)13-14-7-5-12(15-13)17-8-3-4-11(10-17)6-9-18/h5,7,11,18H,3-4,6,8-10H2,1-2H3. The molecule has 100 valence electrons. The van der Waals surface area contributed by atoms with Crippen LogP contribution in [0.4, 0.5) is 11.8 Å². The van der Waals surface area contributed by atoms with Gasteiger partial charge in [0, 0.05) is 40.0 Å². The van der Waals surface area contributed by atoms with E-state index >= 15 is 0 Å². The summed E-state index contributed by atoms with van der Waals surface area (Å²) in [5, 5.41) is 9.04. The van der Waals surface area contributed by atoms with E-state index in [-0.39, 0.29) is 6.61 Å². The molecule has 1 fully saturated rings. The van der Waals surface area contributed by atoms with Crippen LogP contribution in [0.25, 0.3) is 0 Å². The molecule has 0 amide bonds. The summed E-state index contributed by atoms with van der Waals surface area (Å²) in [6.07, 6.45) is 5.09. The fourth-order valence-corrected chi connectivity index (χ4v) is 2.42. The molecule has 1 saturated heterocycles. The van der Waals surface area contributed by atoms with E-state index in [1.165, 1.54) is 12.8 Å². The van der Waals surface area contributed by atoms with Gasteiger partial charge in [-0.15, -0.1) is 0 Å². The molecule has 1 unspecified atom stereocenters. The summed E-state index contributed by atoms with van der Waals surface area (Å²) in [6, 6.07) is 1.97. The minimum Gasteiger partial charge on any atom is -0.396 e. The van der Waals surface area contributed by atoms with Gasteiger partial charge in [0.25, 0.3) is 0 Å². The molecule has 0 aliphatic carbocycles. The van der Waals surface area contributed by atoms with Crippen LogP contribution in [-0.2, 0) is 0 Å². The highest BCUT2D eigenvalue weighted by atomic mass is 16.3. The first-order chi connectivity index (χ1) is 8.70. The van der Waals surface area contributed by atoms with E-state index in [1.807, 2.05) is 31.3 Å². The Labute approximate surface area is 108 Å². The minimum absolute atomic E-state index is 0.283. The third-order valence-corrected chi connectivity index (χ3v) is 3.41. The molecule has 5 nitrogen and oxygen atoms in total. The molecule has 0 radical (unpaired) electrons. The Morgan fingerprint density at radius 1 is 1.50 bits per heavy atom. The Kier molecular flexibility index (Phi) is 4.36. The summed E-state index contributed by atoms with van der Waals surface area (Å²) in [4.78, 5) is 13.0. The van der Waals surface area contributed by atoms with Gasteiger partial charge in [-0.3, -0.25) is 0 Å². The van der Waals surface area contributed by atoms with Crippen LogP contribution in [0.15, 0.2) is 12.3 Å². The summed E-state index contributed by atoms with van der Waals surface area (Å²) in [7, 11) is 3.90. The maximum atomic E-state index is 9.04. The fourth-order valence-electron chi connectivity index (χ4n) is 2.42. The Morgan fingerprint density at radius 3 is 3.06 bits per heavy atom. The molecule has 18 heavy (non-hydrogen) atoms. The van der Waals surface area contributed by atoms with Crippen molar-refractivity contribution in [2.24, 2.45) is 5.92 Å². The molecule has 0 saturated carbocycles. The molecular formula is C13H22N4O. The fraction of sp³-hybridized carbons (Fsp3) is 0.692. The zero-order valence-electron chi connectivity index (χ0n) is 11.2. The summed E-state index contributed by atoms with van der Waals surface area (Å²) in [5.74, 6) is 2.33. The van der Waals surface area contributed by atoms with Crippen LogP contribution in [-0.4, -0.2) is 48.9 Å². The monoisotopic (exact) mass is 250 g/mol. The van der Waals surface area contributed by atoms with Crippen molar-refractivity contribution < 1.29 is 5.11 Å². The predicted molar refractivity (Wildman–Crippen MR) is 73.0 cm³/mol. The Hall–Kier alpha value is -1.36. The van der Waals surface area contributed by atoms with Gasteiger partial charge in [-0.05, 0) is 31.2 Å². The van der Waals surface area contributed by atoms with Gasteiger partial charge in [0.15, 0.2) is 0 Å². The van der Waals surface area contributed by atoms with E-state index in [0.717, 1.165) is 31.3 Å². The molecule has 1 aromatic heterocycles. The SMILES string of the molecule is CN(C)c1nccc(N2CCCC(CCO)C2)n1. The van der Waals surface area contributed by atoms with Gasteiger partial charge in [-0.2, -0.15) is 4.98 Å². The Bertz CT molecular complexity index is 381. The van der Waals surface area contributed by atoms with Gasteiger partial charge in [-0.1, -0.05) is 0 Å². The average Bonchev–Trinajstić information content (AvgIpc) is 2.39. The second-order valence-electron chi connectivity index (χ2n) is 5.08. The van der Waals surface area contributed by atoms with E-state index < -0.39 is 0 Å². The first kappa shape index (κ1) is 13.1.